The predicted molar refractivity (Wildman–Crippen MR) is 87.8 cm³/mol. The molecule has 0 spiro atoms. The summed E-state index contributed by atoms with van der Waals surface area (Å²) in [5, 5.41) is 16.9. The lowest BCUT2D eigenvalue weighted by atomic mass is 9.75. The summed E-state index contributed by atoms with van der Waals surface area (Å²) in [6, 6.07) is 7.72. The standard InChI is InChI=1S/C18H21N3O3/c1-21-15(4-6-19-21)18(23)20-17(13-9-14(22)10-13)12-2-3-16-11(8-12)5-7-24-16/h2-4,6,8,13-14,17,22H,5,7,9-10H2,1H3,(H,20,23)/t13?,14?,17-/m1/s1. The van der Waals surface area contributed by atoms with Gasteiger partial charge in [0.15, 0.2) is 0 Å². The zero-order chi connectivity index (χ0) is 16.7. The van der Waals surface area contributed by atoms with Gasteiger partial charge in [0, 0.05) is 19.7 Å². The van der Waals surface area contributed by atoms with E-state index in [4.69, 9.17) is 4.74 Å². The van der Waals surface area contributed by atoms with E-state index in [2.05, 4.69) is 16.5 Å². The van der Waals surface area contributed by atoms with Gasteiger partial charge in [0.2, 0.25) is 0 Å². The molecule has 126 valence electrons. The third kappa shape index (κ3) is 2.67. The average molecular weight is 327 g/mol. The Balaban J connectivity index is 1.60. The fourth-order valence-electron chi connectivity index (χ4n) is 3.59. The molecular weight excluding hydrogens is 306 g/mol. The molecule has 1 aliphatic carbocycles. The molecule has 1 aromatic heterocycles. The highest BCUT2D eigenvalue weighted by Crippen LogP contribution is 2.39. The Hall–Kier alpha value is -2.34. The monoisotopic (exact) mass is 327 g/mol. The van der Waals surface area contributed by atoms with Crippen molar-refractivity contribution in [2.75, 3.05) is 6.61 Å². The number of hydrogen-bond donors (Lipinski definition) is 2. The molecule has 1 saturated carbocycles. The maximum absolute atomic E-state index is 12.6. The number of hydrogen-bond acceptors (Lipinski definition) is 4. The van der Waals surface area contributed by atoms with Crippen molar-refractivity contribution in [1.82, 2.24) is 15.1 Å². The van der Waals surface area contributed by atoms with Crippen LogP contribution in [-0.2, 0) is 13.5 Å². The van der Waals surface area contributed by atoms with E-state index in [-0.39, 0.29) is 24.0 Å². The van der Waals surface area contributed by atoms with Gasteiger partial charge in [-0.1, -0.05) is 6.07 Å². The number of nitrogens with zero attached hydrogens (tertiary/aromatic N) is 2. The van der Waals surface area contributed by atoms with E-state index < -0.39 is 0 Å². The van der Waals surface area contributed by atoms with Crippen LogP contribution in [-0.4, -0.2) is 33.5 Å². The molecule has 0 radical (unpaired) electrons. The van der Waals surface area contributed by atoms with E-state index >= 15 is 0 Å². The highest BCUT2D eigenvalue weighted by Gasteiger charge is 2.36. The van der Waals surface area contributed by atoms with Gasteiger partial charge in [-0.2, -0.15) is 5.10 Å². The van der Waals surface area contributed by atoms with Crippen LogP contribution in [0.4, 0.5) is 0 Å². The summed E-state index contributed by atoms with van der Waals surface area (Å²) in [5.74, 6) is 1.04. The van der Waals surface area contributed by atoms with Crippen molar-refractivity contribution in [3.05, 3.63) is 47.3 Å². The number of carbonyl (C=O) groups is 1. The molecule has 2 N–H and O–H groups in total. The van der Waals surface area contributed by atoms with E-state index in [0.29, 0.717) is 25.1 Å². The summed E-state index contributed by atoms with van der Waals surface area (Å²) in [7, 11) is 1.75. The summed E-state index contributed by atoms with van der Waals surface area (Å²) in [6.45, 7) is 0.715. The van der Waals surface area contributed by atoms with Crippen molar-refractivity contribution in [1.29, 1.82) is 0 Å². The summed E-state index contributed by atoms with van der Waals surface area (Å²) in [4.78, 5) is 12.6. The molecular formula is C18H21N3O3. The molecule has 24 heavy (non-hydrogen) atoms. The number of aromatic nitrogens is 2. The first-order valence-corrected chi connectivity index (χ1v) is 8.34. The van der Waals surface area contributed by atoms with Crippen LogP contribution in [0.25, 0.3) is 0 Å². The maximum atomic E-state index is 12.6. The van der Waals surface area contributed by atoms with Crippen LogP contribution in [0.2, 0.25) is 0 Å². The summed E-state index contributed by atoms with van der Waals surface area (Å²) < 4.78 is 7.14. The molecule has 0 saturated heterocycles. The van der Waals surface area contributed by atoms with Gasteiger partial charge >= 0.3 is 0 Å². The van der Waals surface area contributed by atoms with Crippen LogP contribution in [0.3, 0.4) is 0 Å². The lowest BCUT2D eigenvalue weighted by Crippen LogP contribution is -2.41. The molecule has 1 amide bonds. The molecule has 0 unspecified atom stereocenters. The van der Waals surface area contributed by atoms with Gasteiger partial charge in [0.05, 0.1) is 18.8 Å². The third-order valence-corrected chi connectivity index (χ3v) is 5.03. The molecule has 2 aromatic rings. The number of fused-ring (bicyclic) bond motifs is 1. The number of aryl methyl sites for hydroxylation is 1. The van der Waals surface area contributed by atoms with Gasteiger partial charge < -0.3 is 15.2 Å². The SMILES string of the molecule is Cn1nccc1C(=O)N[C@H](c1ccc2c(c1)CCO2)C1CC(O)C1. The van der Waals surface area contributed by atoms with E-state index in [9.17, 15) is 9.90 Å². The minimum Gasteiger partial charge on any atom is -0.493 e. The first kappa shape index (κ1) is 15.2. The number of nitrogens with one attached hydrogen (secondary N) is 1. The summed E-state index contributed by atoms with van der Waals surface area (Å²) >= 11 is 0. The Labute approximate surface area is 140 Å². The van der Waals surface area contributed by atoms with Crippen molar-refractivity contribution in [2.45, 2.75) is 31.4 Å². The van der Waals surface area contributed by atoms with Gasteiger partial charge in [-0.25, -0.2) is 0 Å². The van der Waals surface area contributed by atoms with Gasteiger partial charge in [-0.05, 0) is 48.1 Å². The fraction of sp³-hybridized carbons (Fsp3) is 0.444. The van der Waals surface area contributed by atoms with Gasteiger partial charge in [0.1, 0.15) is 11.4 Å². The van der Waals surface area contributed by atoms with E-state index in [0.717, 1.165) is 17.7 Å². The summed E-state index contributed by atoms with van der Waals surface area (Å²) in [5.41, 5.74) is 2.79. The van der Waals surface area contributed by atoms with Crippen molar-refractivity contribution in [3.63, 3.8) is 0 Å². The van der Waals surface area contributed by atoms with Crippen LogP contribution in [0, 0.1) is 5.92 Å². The number of benzene rings is 1. The van der Waals surface area contributed by atoms with Crippen LogP contribution in [0.5, 0.6) is 5.75 Å². The average Bonchev–Trinajstić information content (AvgIpc) is 3.17. The number of rotatable bonds is 4. The van der Waals surface area contributed by atoms with E-state index in [1.807, 2.05) is 12.1 Å². The zero-order valence-electron chi connectivity index (χ0n) is 13.6. The number of aliphatic hydroxyl groups is 1. The minimum atomic E-state index is -0.260. The molecule has 2 aliphatic rings. The predicted octanol–water partition coefficient (Wildman–Crippen LogP) is 1.60. The Bertz CT molecular complexity index is 765. The molecule has 1 aromatic carbocycles. The highest BCUT2D eigenvalue weighted by atomic mass is 16.5. The Morgan fingerprint density at radius 1 is 1.42 bits per heavy atom. The zero-order valence-corrected chi connectivity index (χ0v) is 13.6. The van der Waals surface area contributed by atoms with E-state index in [1.54, 1.807) is 24.0 Å². The van der Waals surface area contributed by atoms with Crippen molar-refractivity contribution in [2.24, 2.45) is 13.0 Å². The molecule has 6 heteroatoms. The third-order valence-electron chi connectivity index (χ3n) is 5.03. The van der Waals surface area contributed by atoms with E-state index in [1.165, 1.54) is 5.56 Å². The second-order valence-electron chi connectivity index (χ2n) is 6.64. The normalized spacial score (nSPS) is 23.1. The molecule has 0 bridgehead atoms. The molecule has 2 heterocycles. The summed E-state index contributed by atoms with van der Waals surface area (Å²) in [6.07, 6.45) is 3.68. The maximum Gasteiger partial charge on any atom is 0.270 e. The highest BCUT2D eigenvalue weighted by molar-refractivity contribution is 5.92. The molecule has 1 aliphatic heterocycles. The van der Waals surface area contributed by atoms with Crippen LogP contribution >= 0.6 is 0 Å². The number of carbonyl (C=O) groups excluding carboxylic acids is 1. The second kappa shape index (κ2) is 5.94. The molecule has 1 fully saturated rings. The van der Waals surface area contributed by atoms with Crippen LogP contribution in [0.15, 0.2) is 30.5 Å². The Morgan fingerprint density at radius 3 is 2.96 bits per heavy atom. The number of ether oxygens (including phenoxy) is 1. The quantitative estimate of drug-likeness (QED) is 0.894. The van der Waals surface area contributed by atoms with Crippen molar-refractivity contribution in [3.8, 4) is 5.75 Å². The Kier molecular flexibility index (Phi) is 3.76. The first-order chi connectivity index (χ1) is 11.6. The van der Waals surface area contributed by atoms with Gasteiger partial charge in [0.25, 0.3) is 5.91 Å². The smallest absolute Gasteiger partial charge is 0.270 e. The second-order valence-corrected chi connectivity index (χ2v) is 6.64. The van der Waals surface area contributed by atoms with Crippen molar-refractivity contribution >= 4 is 5.91 Å². The lowest BCUT2D eigenvalue weighted by molar-refractivity contribution is 0.0234. The molecule has 4 rings (SSSR count). The lowest BCUT2D eigenvalue weighted by Gasteiger charge is -2.38. The topological polar surface area (TPSA) is 76.4 Å². The van der Waals surface area contributed by atoms with Gasteiger partial charge in [-0.15, -0.1) is 0 Å². The minimum absolute atomic E-state index is 0.110. The van der Waals surface area contributed by atoms with Crippen LogP contribution in [0.1, 0.15) is 40.5 Å². The van der Waals surface area contributed by atoms with Crippen LogP contribution < -0.4 is 10.1 Å². The number of amides is 1. The fourth-order valence-corrected chi connectivity index (χ4v) is 3.59. The molecule has 6 nitrogen and oxygen atoms in total. The Morgan fingerprint density at radius 2 is 2.25 bits per heavy atom. The van der Waals surface area contributed by atoms with Crippen molar-refractivity contribution < 1.29 is 14.6 Å². The largest absolute Gasteiger partial charge is 0.493 e. The first-order valence-electron chi connectivity index (χ1n) is 8.34. The molecule has 1 atom stereocenters. The van der Waals surface area contributed by atoms with Gasteiger partial charge in [-0.3, -0.25) is 9.48 Å². The number of aliphatic hydroxyl groups excluding tert-OH is 1.